The van der Waals surface area contributed by atoms with Crippen LogP contribution in [0.2, 0.25) is 0 Å². The fraction of sp³-hybridized carbons (Fsp3) is 0.455. The molecule has 0 fully saturated rings. The van der Waals surface area contributed by atoms with Gasteiger partial charge >= 0.3 is 0 Å². The fourth-order valence-electron chi connectivity index (χ4n) is 1.44. The van der Waals surface area contributed by atoms with Crippen LogP contribution in [0, 0.1) is 0 Å². The Morgan fingerprint density at radius 1 is 1.33 bits per heavy atom. The van der Waals surface area contributed by atoms with E-state index >= 15 is 0 Å². The maximum Gasteiger partial charge on any atom is 0.277 e. The Bertz CT molecular complexity index is 436. The standard InChI is InChI=1S/C11H19N3O3S/c1-17-8-7-13-18(15,16)14-11(9-12)10-5-3-2-4-6-10/h2-6,11,13-14H,7-9,12H2,1H3. The van der Waals surface area contributed by atoms with Crippen molar-refractivity contribution >= 4 is 10.2 Å². The molecule has 0 bridgehead atoms. The molecule has 0 amide bonds. The average Bonchev–Trinajstić information content (AvgIpc) is 2.37. The van der Waals surface area contributed by atoms with Gasteiger partial charge in [0.05, 0.1) is 12.6 Å². The van der Waals surface area contributed by atoms with E-state index in [9.17, 15) is 8.42 Å². The molecule has 1 atom stereocenters. The average molecular weight is 273 g/mol. The van der Waals surface area contributed by atoms with Gasteiger partial charge in [-0.25, -0.2) is 0 Å². The van der Waals surface area contributed by atoms with Crippen LogP contribution in [-0.4, -0.2) is 35.2 Å². The zero-order valence-electron chi connectivity index (χ0n) is 10.3. The van der Waals surface area contributed by atoms with E-state index in [4.69, 9.17) is 10.5 Å². The van der Waals surface area contributed by atoms with Crippen LogP contribution in [0.3, 0.4) is 0 Å². The highest BCUT2D eigenvalue weighted by Gasteiger charge is 2.17. The zero-order chi connectivity index (χ0) is 13.4. The summed E-state index contributed by atoms with van der Waals surface area (Å²) < 4.78 is 33.1. The second kappa shape index (κ2) is 7.45. The van der Waals surface area contributed by atoms with Gasteiger partial charge in [-0.15, -0.1) is 0 Å². The lowest BCUT2D eigenvalue weighted by atomic mass is 10.1. The first-order valence-corrected chi connectivity index (χ1v) is 7.08. The summed E-state index contributed by atoms with van der Waals surface area (Å²) in [5, 5.41) is 0. The summed E-state index contributed by atoms with van der Waals surface area (Å²) >= 11 is 0. The molecule has 0 saturated heterocycles. The van der Waals surface area contributed by atoms with E-state index in [2.05, 4.69) is 9.44 Å². The molecule has 0 radical (unpaired) electrons. The van der Waals surface area contributed by atoms with Crippen LogP contribution in [0.1, 0.15) is 11.6 Å². The minimum Gasteiger partial charge on any atom is -0.383 e. The number of benzene rings is 1. The Morgan fingerprint density at radius 2 is 2.00 bits per heavy atom. The van der Waals surface area contributed by atoms with Crippen molar-refractivity contribution < 1.29 is 13.2 Å². The Labute approximate surface area is 108 Å². The number of hydrogen-bond donors (Lipinski definition) is 3. The normalized spacial score (nSPS) is 13.4. The first-order chi connectivity index (χ1) is 8.59. The van der Waals surface area contributed by atoms with Crippen LogP contribution in [0.4, 0.5) is 0 Å². The van der Waals surface area contributed by atoms with Gasteiger partial charge in [0.2, 0.25) is 0 Å². The number of nitrogens with one attached hydrogen (secondary N) is 2. The van der Waals surface area contributed by atoms with Gasteiger partial charge in [-0.05, 0) is 5.56 Å². The SMILES string of the molecule is COCCNS(=O)(=O)NC(CN)c1ccccc1. The molecule has 0 aliphatic carbocycles. The molecule has 0 heterocycles. The van der Waals surface area contributed by atoms with E-state index in [1.165, 1.54) is 7.11 Å². The summed E-state index contributed by atoms with van der Waals surface area (Å²) in [7, 11) is -2.06. The molecule has 7 heteroatoms. The van der Waals surface area contributed by atoms with Gasteiger partial charge in [-0.2, -0.15) is 17.9 Å². The van der Waals surface area contributed by atoms with Gasteiger partial charge in [0, 0.05) is 20.2 Å². The summed E-state index contributed by atoms with van der Waals surface area (Å²) in [5.41, 5.74) is 6.42. The van der Waals surface area contributed by atoms with E-state index in [0.717, 1.165) is 5.56 Å². The molecular weight excluding hydrogens is 254 g/mol. The highest BCUT2D eigenvalue weighted by Crippen LogP contribution is 2.11. The van der Waals surface area contributed by atoms with Crippen molar-refractivity contribution in [3.8, 4) is 0 Å². The predicted octanol–water partition coefficient (Wildman–Crippen LogP) is -0.243. The van der Waals surface area contributed by atoms with Crippen molar-refractivity contribution in [2.45, 2.75) is 6.04 Å². The lowest BCUT2D eigenvalue weighted by molar-refractivity contribution is 0.204. The van der Waals surface area contributed by atoms with Gasteiger partial charge < -0.3 is 10.5 Å². The van der Waals surface area contributed by atoms with Crippen LogP contribution in [-0.2, 0) is 14.9 Å². The first-order valence-electron chi connectivity index (χ1n) is 5.60. The summed E-state index contributed by atoms with van der Waals surface area (Å²) in [6, 6.07) is 8.76. The zero-order valence-corrected chi connectivity index (χ0v) is 11.1. The Balaban J connectivity index is 2.63. The lowest BCUT2D eigenvalue weighted by Gasteiger charge is -2.17. The molecule has 6 nitrogen and oxygen atoms in total. The lowest BCUT2D eigenvalue weighted by Crippen LogP contribution is -2.42. The quantitative estimate of drug-likeness (QED) is 0.570. The maximum atomic E-state index is 11.7. The van der Waals surface area contributed by atoms with Gasteiger partial charge in [-0.1, -0.05) is 30.3 Å². The van der Waals surface area contributed by atoms with Crippen molar-refractivity contribution in [3.05, 3.63) is 35.9 Å². The molecule has 18 heavy (non-hydrogen) atoms. The van der Waals surface area contributed by atoms with Crippen LogP contribution in [0.25, 0.3) is 0 Å². The minimum atomic E-state index is -3.57. The summed E-state index contributed by atoms with van der Waals surface area (Å²) in [5.74, 6) is 0. The van der Waals surface area contributed by atoms with Gasteiger partial charge in [0.15, 0.2) is 0 Å². The smallest absolute Gasteiger partial charge is 0.277 e. The van der Waals surface area contributed by atoms with E-state index in [1.54, 1.807) is 0 Å². The van der Waals surface area contributed by atoms with Crippen molar-refractivity contribution in [1.29, 1.82) is 0 Å². The van der Waals surface area contributed by atoms with Gasteiger partial charge in [-0.3, -0.25) is 0 Å². The summed E-state index contributed by atoms with van der Waals surface area (Å²) in [4.78, 5) is 0. The molecule has 1 aromatic carbocycles. The van der Waals surface area contributed by atoms with Crippen LogP contribution in [0.5, 0.6) is 0 Å². The molecule has 1 rings (SSSR count). The third kappa shape index (κ3) is 5.11. The highest BCUT2D eigenvalue weighted by atomic mass is 32.2. The summed E-state index contributed by atoms with van der Waals surface area (Å²) in [6.45, 7) is 0.729. The largest absolute Gasteiger partial charge is 0.383 e. The Morgan fingerprint density at radius 3 is 2.56 bits per heavy atom. The van der Waals surface area contributed by atoms with Gasteiger partial charge in [0.1, 0.15) is 0 Å². The molecule has 1 aromatic rings. The van der Waals surface area contributed by atoms with Crippen molar-refractivity contribution in [2.75, 3.05) is 26.8 Å². The number of nitrogens with two attached hydrogens (primary N) is 1. The number of methoxy groups -OCH3 is 1. The molecular formula is C11H19N3O3S. The maximum absolute atomic E-state index is 11.7. The Kier molecular flexibility index (Phi) is 6.23. The second-order valence-corrected chi connectivity index (χ2v) is 5.24. The van der Waals surface area contributed by atoms with Crippen molar-refractivity contribution in [3.63, 3.8) is 0 Å². The van der Waals surface area contributed by atoms with E-state index in [-0.39, 0.29) is 13.1 Å². The van der Waals surface area contributed by atoms with Gasteiger partial charge in [0.25, 0.3) is 10.2 Å². The monoisotopic (exact) mass is 273 g/mol. The predicted molar refractivity (Wildman–Crippen MR) is 70.2 cm³/mol. The Hall–Kier alpha value is -0.990. The first kappa shape index (κ1) is 15.1. The fourth-order valence-corrected chi connectivity index (χ4v) is 2.49. The van der Waals surface area contributed by atoms with Crippen molar-refractivity contribution in [1.82, 2.24) is 9.44 Å². The molecule has 0 aliphatic heterocycles. The summed E-state index contributed by atoms with van der Waals surface area (Å²) in [6.07, 6.45) is 0. The third-order valence-electron chi connectivity index (χ3n) is 2.33. The van der Waals surface area contributed by atoms with E-state index < -0.39 is 16.3 Å². The van der Waals surface area contributed by atoms with Crippen molar-refractivity contribution in [2.24, 2.45) is 5.73 Å². The molecule has 0 spiro atoms. The van der Waals surface area contributed by atoms with E-state index in [1.807, 2.05) is 30.3 Å². The topological polar surface area (TPSA) is 93.4 Å². The third-order valence-corrected chi connectivity index (χ3v) is 3.51. The molecule has 0 aromatic heterocycles. The molecule has 102 valence electrons. The van der Waals surface area contributed by atoms with Crippen LogP contribution in [0.15, 0.2) is 30.3 Å². The molecule has 0 saturated carbocycles. The molecule has 0 aliphatic rings. The van der Waals surface area contributed by atoms with E-state index in [0.29, 0.717) is 6.61 Å². The highest BCUT2D eigenvalue weighted by molar-refractivity contribution is 7.87. The number of rotatable bonds is 8. The van der Waals surface area contributed by atoms with Crippen LogP contribution >= 0.6 is 0 Å². The second-order valence-electron chi connectivity index (χ2n) is 3.71. The molecule has 1 unspecified atom stereocenters. The number of ether oxygens (including phenoxy) is 1. The van der Waals surface area contributed by atoms with Crippen LogP contribution < -0.4 is 15.2 Å². The minimum absolute atomic E-state index is 0.190. The molecule has 4 N–H and O–H groups in total. The number of hydrogen-bond acceptors (Lipinski definition) is 4.